The average molecular weight is 367 g/mol. The van der Waals surface area contributed by atoms with E-state index in [9.17, 15) is 0 Å². The van der Waals surface area contributed by atoms with Crippen molar-refractivity contribution in [2.24, 2.45) is 0 Å². The first-order valence-corrected chi connectivity index (χ1v) is 10.1. The lowest BCUT2D eigenvalue weighted by Gasteiger charge is -2.28. The second kappa shape index (κ2) is 8.72. The molecular formula is C22H30N4O. The number of benzene rings is 1. The molecule has 1 fully saturated rings. The Bertz CT molecular complexity index is 727. The lowest BCUT2D eigenvalue weighted by molar-refractivity contribution is 0.196. The maximum Gasteiger partial charge on any atom is 0.151 e. The summed E-state index contributed by atoms with van der Waals surface area (Å²) in [7, 11) is 1.76. The van der Waals surface area contributed by atoms with E-state index in [4.69, 9.17) is 4.74 Å². The van der Waals surface area contributed by atoms with Gasteiger partial charge in [0, 0.05) is 33.0 Å². The van der Waals surface area contributed by atoms with Crippen LogP contribution in [0.1, 0.15) is 43.0 Å². The van der Waals surface area contributed by atoms with Crippen LogP contribution in [0.25, 0.3) is 0 Å². The zero-order chi connectivity index (χ0) is 18.5. The summed E-state index contributed by atoms with van der Waals surface area (Å²) >= 11 is 0. The molecule has 27 heavy (non-hydrogen) atoms. The number of rotatable bonds is 7. The van der Waals surface area contributed by atoms with Crippen LogP contribution in [0.3, 0.4) is 0 Å². The summed E-state index contributed by atoms with van der Waals surface area (Å²) in [6.07, 6.45) is 7.04. The standard InChI is InChI=1S/C22H30N4O/c1-27-16-6-15-26-20-7-5-12-23-21(20)24-22(26)19-10-8-18(9-11-19)17-25-13-3-2-4-14-25/h5,7-12,22H,2-4,6,13-17H2,1H3,(H,23,24). The van der Waals surface area contributed by atoms with E-state index in [2.05, 4.69) is 50.4 Å². The molecule has 5 heteroatoms. The highest BCUT2D eigenvalue weighted by atomic mass is 16.5. The molecule has 2 aliphatic rings. The molecule has 1 aromatic carbocycles. The van der Waals surface area contributed by atoms with Gasteiger partial charge in [0.25, 0.3) is 0 Å². The van der Waals surface area contributed by atoms with Gasteiger partial charge >= 0.3 is 0 Å². The van der Waals surface area contributed by atoms with Gasteiger partial charge in [-0.2, -0.15) is 0 Å². The van der Waals surface area contributed by atoms with E-state index in [0.717, 1.165) is 31.9 Å². The van der Waals surface area contributed by atoms with Crippen LogP contribution in [0.15, 0.2) is 42.6 Å². The molecule has 0 saturated carbocycles. The molecule has 2 aromatic rings. The van der Waals surface area contributed by atoms with Crippen molar-refractivity contribution in [3.63, 3.8) is 0 Å². The number of pyridine rings is 1. The lowest BCUT2D eigenvalue weighted by atomic mass is 10.1. The Kier molecular flexibility index (Phi) is 5.90. The van der Waals surface area contributed by atoms with Crippen LogP contribution in [-0.2, 0) is 11.3 Å². The SMILES string of the molecule is COCCCN1c2cccnc2NC1c1ccc(CN2CCCCC2)cc1. The first kappa shape index (κ1) is 18.3. The number of ether oxygens (including phenoxy) is 1. The van der Waals surface area contributed by atoms with E-state index < -0.39 is 0 Å². The Morgan fingerprint density at radius 3 is 2.70 bits per heavy atom. The number of piperidine rings is 1. The van der Waals surface area contributed by atoms with Crippen molar-refractivity contribution in [3.8, 4) is 0 Å². The summed E-state index contributed by atoms with van der Waals surface area (Å²) in [4.78, 5) is 9.49. The smallest absolute Gasteiger partial charge is 0.151 e. The maximum atomic E-state index is 5.25. The van der Waals surface area contributed by atoms with Crippen molar-refractivity contribution in [2.75, 3.05) is 43.6 Å². The van der Waals surface area contributed by atoms with Crippen molar-refractivity contribution in [1.82, 2.24) is 9.88 Å². The number of aromatic nitrogens is 1. The van der Waals surface area contributed by atoms with Crippen molar-refractivity contribution < 1.29 is 4.74 Å². The Hall–Kier alpha value is -2.11. The third-order valence-electron chi connectivity index (χ3n) is 5.58. The van der Waals surface area contributed by atoms with Crippen LogP contribution in [0.4, 0.5) is 11.5 Å². The van der Waals surface area contributed by atoms with Crippen molar-refractivity contribution in [1.29, 1.82) is 0 Å². The summed E-state index contributed by atoms with van der Waals surface area (Å²) in [5, 5.41) is 3.59. The van der Waals surface area contributed by atoms with Crippen molar-refractivity contribution in [3.05, 3.63) is 53.7 Å². The van der Waals surface area contributed by atoms with Crippen molar-refractivity contribution >= 4 is 11.5 Å². The summed E-state index contributed by atoms with van der Waals surface area (Å²) in [5.74, 6) is 0.970. The Morgan fingerprint density at radius 2 is 1.93 bits per heavy atom. The van der Waals surface area contributed by atoms with Crippen LogP contribution in [-0.4, -0.2) is 43.2 Å². The molecule has 4 rings (SSSR count). The van der Waals surface area contributed by atoms with Gasteiger partial charge in [0.15, 0.2) is 5.82 Å². The summed E-state index contributed by atoms with van der Waals surface area (Å²) < 4.78 is 5.25. The topological polar surface area (TPSA) is 40.6 Å². The molecule has 3 heterocycles. The number of nitrogens with one attached hydrogen (secondary N) is 1. The average Bonchev–Trinajstić information content (AvgIpc) is 3.08. The van der Waals surface area contributed by atoms with E-state index in [-0.39, 0.29) is 6.17 Å². The molecule has 0 radical (unpaired) electrons. The third-order valence-corrected chi connectivity index (χ3v) is 5.58. The van der Waals surface area contributed by atoms with E-state index >= 15 is 0 Å². The lowest BCUT2D eigenvalue weighted by Crippen LogP contribution is -2.30. The summed E-state index contributed by atoms with van der Waals surface area (Å²) in [6.45, 7) is 5.26. The number of anilines is 2. The molecule has 144 valence electrons. The fourth-order valence-electron chi connectivity index (χ4n) is 4.16. The minimum absolute atomic E-state index is 0.135. The Morgan fingerprint density at radius 1 is 1.11 bits per heavy atom. The van der Waals surface area contributed by atoms with Gasteiger partial charge in [0.1, 0.15) is 6.17 Å². The first-order valence-electron chi connectivity index (χ1n) is 10.1. The molecule has 2 aliphatic heterocycles. The van der Waals surface area contributed by atoms with Gasteiger partial charge in [-0.25, -0.2) is 4.98 Å². The molecule has 1 unspecified atom stereocenters. The normalized spacial score (nSPS) is 19.7. The third kappa shape index (κ3) is 4.25. The van der Waals surface area contributed by atoms with E-state index in [1.54, 1.807) is 7.11 Å². The van der Waals surface area contributed by atoms with E-state index in [1.807, 2.05) is 12.3 Å². The number of nitrogens with zero attached hydrogens (tertiary/aromatic N) is 3. The second-order valence-corrected chi connectivity index (χ2v) is 7.54. The van der Waals surface area contributed by atoms with Crippen LogP contribution < -0.4 is 10.2 Å². The summed E-state index contributed by atoms with van der Waals surface area (Å²) in [6, 6.07) is 13.3. The highest BCUT2D eigenvalue weighted by molar-refractivity contribution is 5.73. The monoisotopic (exact) mass is 366 g/mol. The molecule has 1 saturated heterocycles. The zero-order valence-electron chi connectivity index (χ0n) is 16.2. The van der Waals surface area contributed by atoms with E-state index in [0.29, 0.717) is 0 Å². The number of likely N-dealkylation sites (tertiary alicyclic amines) is 1. The molecule has 1 N–H and O–H groups in total. The van der Waals surface area contributed by atoms with Gasteiger partial charge in [0.2, 0.25) is 0 Å². The zero-order valence-corrected chi connectivity index (χ0v) is 16.2. The second-order valence-electron chi connectivity index (χ2n) is 7.54. The van der Waals surface area contributed by atoms with E-state index in [1.165, 1.54) is 49.2 Å². The van der Waals surface area contributed by atoms with Crippen LogP contribution in [0, 0.1) is 0 Å². The molecule has 5 nitrogen and oxygen atoms in total. The Balaban J connectivity index is 1.47. The van der Waals surface area contributed by atoms with Gasteiger partial charge in [-0.15, -0.1) is 0 Å². The van der Waals surface area contributed by atoms with Crippen LogP contribution in [0.5, 0.6) is 0 Å². The molecular weight excluding hydrogens is 336 g/mol. The predicted molar refractivity (Wildman–Crippen MR) is 110 cm³/mol. The fourth-order valence-corrected chi connectivity index (χ4v) is 4.16. The number of fused-ring (bicyclic) bond motifs is 1. The van der Waals surface area contributed by atoms with Gasteiger partial charge in [-0.1, -0.05) is 30.7 Å². The highest BCUT2D eigenvalue weighted by Crippen LogP contribution is 2.39. The minimum atomic E-state index is 0.135. The van der Waals surface area contributed by atoms with Crippen LogP contribution in [0.2, 0.25) is 0 Å². The van der Waals surface area contributed by atoms with Gasteiger partial charge in [-0.05, 0) is 55.6 Å². The maximum absolute atomic E-state index is 5.25. The van der Waals surface area contributed by atoms with Crippen molar-refractivity contribution in [2.45, 2.75) is 38.4 Å². The molecule has 0 bridgehead atoms. The van der Waals surface area contributed by atoms with Crippen LogP contribution >= 0.6 is 0 Å². The molecule has 1 atom stereocenters. The van der Waals surface area contributed by atoms with Gasteiger partial charge in [-0.3, -0.25) is 4.90 Å². The molecule has 0 amide bonds. The quantitative estimate of drug-likeness (QED) is 0.749. The number of hydrogen-bond acceptors (Lipinski definition) is 5. The predicted octanol–water partition coefficient (Wildman–Crippen LogP) is 4.03. The molecule has 0 aliphatic carbocycles. The van der Waals surface area contributed by atoms with Gasteiger partial charge < -0.3 is 15.0 Å². The van der Waals surface area contributed by atoms with Gasteiger partial charge in [0.05, 0.1) is 5.69 Å². The largest absolute Gasteiger partial charge is 0.385 e. The number of hydrogen-bond donors (Lipinski definition) is 1. The fraction of sp³-hybridized carbons (Fsp3) is 0.500. The highest BCUT2D eigenvalue weighted by Gasteiger charge is 2.30. The minimum Gasteiger partial charge on any atom is -0.385 e. The number of methoxy groups -OCH3 is 1. The Labute approximate surface area is 162 Å². The summed E-state index contributed by atoms with van der Waals surface area (Å²) in [5.41, 5.74) is 3.86. The molecule has 0 spiro atoms. The molecule has 1 aromatic heterocycles. The first-order chi connectivity index (χ1) is 13.3.